The SMILES string of the molecule is CC(CCCN)c1nc(-c2ccccc2Cl)no1. The summed E-state index contributed by atoms with van der Waals surface area (Å²) >= 11 is 6.09. The summed E-state index contributed by atoms with van der Waals surface area (Å²) in [6.07, 6.45) is 1.89. The zero-order chi connectivity index (χ0) is 13.0. The second kappa shape index (κ2) is 5.98. The van der Waals surface area contributed by atoms with Gasteiger partial charge in [0.1, 0.15) is 0 Å². The van der Waals surface area contributed by atoms with Crippen LogP contribution in [0.25, 0.3) is 11.4 Å². The van der Waals surface area contributed by atoms with Crippen molar-refractivity contribution in [2.75, 3.05) is 6.54 Å². The molecule has 0 fully saturated rings. The summed E-state index contributed by atoms with van der Waals surface area (Å²) in [5.74, 6) is 1.39. The van der Waals surface area contributed by atoms with Gasteiger partial charge < -0.3 is 10.3 Å². The number of hydrogen-bond acceptors (Lipinski definition) is 4. The predicted molar refractivity (Wildman–Crippen MR) is 71.4 cm³/mol. The Kier molecular flexibility index (Phi) is 4.33. The number of nitrogens with two attached hydrogens (primary N) is 1. The Labute approximate surface area is 111 Å². The summed E-state index contributed by atoms with van der Waals surface area (Å²) in [4.78, 5) is 4.39. The molecule has 2 aromatic rings. The van der Waals surface area contributed by atoms with E-state index in [1.807, 2.05) is 24.3 Å². The molecule has 0 saturated carbocycles. The van der Waals surface area contributed by atoms with Crippen LogP contribution in [-0.4, -0.2) is 16.7 Å². The second-order valence-corrected chi connectivity index (χ2v) is 4.68. The molecule has 1 aromatic heterocycles. The standard InChI is InChI=1S/C13H16ClN3O/c1-9(5-4-8-15)13-16-12(17-18-13)10-6-2-3-7-11(10)14/h2-3,6-7,9H,4-5,8,15H2,1H3. The fraction of sp³-hybridized carbons (Fsp3) is 0.385. The molecule has 2 rings (SSSR count). The number of halogens is 1. The molecule has 0 bridgehead atoms. The molecule has 0 aliphatic carbocycles. The maximum atomic E-state index is 6.09. The van der Waals surface area contributed by atoms with Gasteiger partial charge in [-0.05, 0) is 31.5 Å². The van der Waals surface area contributed by atoms with E-state index in [2.05, 4.69) is 17.1 Å². The fourth-order valence-corrected chi connectivity index (χ4v) is 1.96. The summed E-state index contributed by atoms with van der Waals surface area (Å²) in [5.41, 5.74) is 6.28. The highest BCUT2D eigenvalue weighted by molar-refractivity contribution is 6.33. The third-order valence-electron chi connectivity index (χ3n) is 2.82. The Balaban J connectivity index is 2.18. The van der Waals surface area contributed by atoms with Crippen LogP contribution in [0, 0.1) is 0 Å². The van der Waals surface area contributed by atoms with Gasteiger partial charge >= 0.3 is 0 Å². The third kappa shape index (κ3) is 2.89. The molecule has 1 aromatic carbocycles. The van der Waals surface area contributed by atoms with Gasteiger partial charge in [0, 0.05) is 11.5 Å². The first-order chi connectivity index (χ1) is 8.72. The Bertz CT molecular complexity index is 512. The Hall–Kier alpha value is -1.39. The lowest BCUT2D eigenvalue weighted by atomic mass is 10.1. The molecular weight excluding hydrogens is 250 g/mol. The average Bonchev–Trinajstić information content (AvgIpc) is 2.86. The maximum absolute atomic E-state index is 6.09. The van der Waals surface area contributed by atoms with Crippen molar-refractivity contribution in [3.63, 3.8) is 0 Å². The van der Waals surface area contributed by atoms with Gasteiger partial charge in [-0.15, -0.1) is 0 Å². The van der Waals surface area contributed by atoms with Crippen molar-refractivity contribution in [1.29, 1.82) is 0 Å². The van der Waals surface area contributed by atoms with Gasteiger partial charge in [-0.25, -0.2) is 0 Å². The van der Waals surface area contributed by atoms with Crippen LogP contribution in [0.15, 0.2) is 28.8 Å². The minimum atomic E-state index is 0.220. The van der Waals surface area contributed by atoms with Crippen LogP contribution < -0.4 is 5.73 Å². The smallest absolute Gasteiger partial charge is 0.229 e. The van der Waals surface area contributed by atoms with Crippen molar-refractivity contribution in [2.24, 2.45) is 5.73 Å². The van der Waals surface area contributed by atoms with E-state index >= 15 is 0 Å². The van der Waals surface area contributed by atoms with E-state index in [9.17, 15) is 0 Å². The number of hydrogen-bond donors (Lipinski definition) is 1. The maximum Gasteiger partial charge on any atom is 0.229 e. The molecule has 1 unspecified atom stereocenters. The van der Waals surface area contributed by atoms with E-state index < -0.39 is 0 Å². The number of nitrogens with zero attached hydrogens (tertiary/aromatic N) is 2. The molecule has 1 atom stereocenters. The first-order valence-electron chi connectivity index (χ1n) is 6.01. The van der Waals surface area contributed by atoms with Gasteiger partial charge in [0.25, 0.3) is 0 Å². The zero-order valence-electron chi connectivity index (χ0n) is 10.3. The van der Waals surface area contributed by atoms with E-state index in [4.69, 9.17) is 21.9 Å². The molecule has 4 nitrogen and oxygen atoms in total. The van der Waals surface area contributed by atoms with E-state index in [0.717, 1.165) is 18.4 Å². The molecule has 0 spiro atoms. The second-order valence-electron chi connectivity index (χ2n) is 4.27. The molecule has 0 saturated heterocycles. The van der Waals surface area contributed by atoms with E-state index in [-0.39, 0.29) is 5.92 Å². The minimum absolute atomic E-state index is 0.220. The van der Waals surface area contributed by atoms with Gasteiger partial charge in [-0.2, -0.15) is 4.98 Å². The Morgan fingerprint density at radius 3 is 2.89 bits per heavy atom. The van der Waals surface area contributed by atoms with Crippen LogP contribution in [0.3, 0.4) is 0 Å². The molecular formula is C13H16ClN3O. The molecule has 5 heteroatoms. The van der Waals surface area contributed by atoms with Gasteiger partial charge in [-0.1, -0.05) is 35.8 Å². The fourth-order valence-electron chi connectivity index (χ4n) is 1.73. The molecule has 0 aliphatic rings. The van der Waals surface area contributed by atoms with Crippen molar-refractivity contribution < 1.29 is 4.52 Å². The first-order valence-corrected chi connectivity index (χ1v) is 6.38. The molecule has 1 heterocycles. The van der Waals surface area contributed by atoms with E-state index in [1.165, 1.54) is 0 Å². The Morgan fingerprint density at radius 1 is 1.39 bits per heavy atom. The van der Waals surface area contributed by atoms with Crippen molar-refractivity contribution >= 4 is 11.6 Å². The van der Waals surface area contributed by atoms with Crippen molar-refractivity contribution in [2.45, 2.75) is 25.7 Å². The van der Waals surface area contributed by atoms with Crippen LogP contribution in [0.1, 0.15) is 31.6 Å². The normalized spacial score (nSPS) is 12.6. The molecule has 2 N–H and O–H groups in total. The molecule has 96 valence electrons. The molecule has 0 radical (unpaired) electrons. The van der Waals surface area contributed by atoms with E-state index in [1.54, 1.807) is 0 Å². The van der Waals surface area contributed by atoms with Crippen LogP contribution in [0.2, 0.25) is 5.02 Å². The van der Waals surface area contributed by atoms with E-state index in [0.29, 0.717) is 23.3 Å². The van der Waals surface area contributed by atoms with Crippen LogP contribution in [0.4, 0.5) is 0 Å². The van der Waals surface area contributed by atoms with Gasteiger partial charge in [0.05, 0.1) is 5.02 Å². The molecule has 18 heavy (non-hydrogen) atoms. The summed E-state index contributed by atoms with van der Waals surface area (Å²) in [6, 6.07) is 7.46. The highest BCUT2D eigenvalue weighted by atomic mass is 35.5. The molecule has 0 aliphatic heterocycles. The lowest BCUT2D eigenvalue weighted by molar-refractivity contribution is 0.352. The highest BCUT2D eigenvalue weighted by Gasteiger charge is 2.16. The zero-order valence-corrected chi connectivity index (χ0v) is 11.0. The monoisotopic (exact) mass is 265 g/mol. The highest BCUT2D eigenvalue weighted by Crippen LogP contribution is 2.27. The number of rotatable bonds is 5. The largest absolute Gasteiger partial charge is 0.339 e. The topological polar surface area (TPSA) is 64.9 Å². The first kappa shape index (κ1) is 13.1. The van der Waals surface area contributed by atoms with Gasteiger partial charge in [0.2, 0.25) is 11.7 Å². The number of benzene rings is 1. The van der Waals surface area contributed by atoms with Crippen molar-refractivity contribution in [3.05, 3.63) is 35.2 Å². The lowest BCUT2D eigenvalue weighted by Crippen LogP contribution is -2.02. The Morgan fingerprint density at radius 2 is 2.17 bits per heavy atom. The van der Waals surface area contributed by atoms with Crippen LogP contribution >= 0.6 is 11.6 Å². The summed E-state index contributed by atoms with van der Waals surface area (Å²) < 4.78 is 5.27. The predicted octanol–water partition coefficient (Wildman–Crippen LogP) is 3.23. The summed E-state index contributed by atoms with van der Waals surface area (Å²) in [6.45, 7) is 2.73. The minimum Gasteiger partial charge on any atom is -0.339 e. The van der Waals surface area contributed by atoms with Crippen LogP contribution in [-0.2, 0) is 0 Å². The number of aromatic nitrogens is 2. The quantitative estimate of drug-likeness (QED) is 0.901. The van der Waals surface area contributed by atoms with Gasteiger partial charge in [-0.3, -0.25) is 0 Å². The molecule has 0 amide bonds. The van der Waals surface area contributed by atoms with Crippen molar-refractivity contribution in [1.82, 2.24) is 10.1 Å². The summed E-state index contributed by atoms with van der Waals surface area (Å²) in [7, 11) is 0. The van der Waals surface area contributed by atoms with Crippen LogP contribution in [0.5, 0.6) is 0 Å². The van der Waals surface area contributed by atoms with Crippen molar-refractivity contribution in [3.8, 4) is 11.4 Å². The third-order valence-corrected chi connectivity index (χ3v) is 3.15. The van der Waals surface area contributed by atoms with Gasteiger partial charge in [0.15, 0.2) is 0 Å². The average molecular weight is 266 g/mol. The summed E-state index contributed by atoms with van der Waals surface area (Å²) in [5, 5.41) is 4.60. The lowest BCUT2D eigenvalue weighted by Gasteiger charge is -2.03.